The van der Waals surface area contributed by atoms with Crippen molar-refractivity contribution >= 4 is 28.9 Å². The molecule has 0 fully saturated rings. The zero-order valence-electron chi connectivity index (χ0n) is 8.81. The second kappa shape index (κ2) is 4.80. The van der Waals surface area contributed by atoms with E-state index < -0.39 is 16.0 Å². The van der Waals surface area contributed by atoms with Gasteiger partial charge in [-0.05, 0) is 12.1 Å². The lowest BCUT2D eigenvalue weighted by Gasteiger charge is -2.03. The van der Waals surface area contributed by atoms with Gasteiger partial charge in [0.2, 0.25) is 0 Å². The minimum Gasteiger partial charge on any atom is -0.361 e. The molecule has 0 aliphatic heterocycles. The van der Waals surface area contributed by atoms with E-state index in [9.17, 15) is 14.9 Å². The van der Waals surface area contributed by atoms with Crippen LogP contribution in [0.3, 0.4) is 0 Å². The summed E-state index contributed by atoms with van der Waals surface area (Å²) in [5.74, 6) is 0. The van der Waals surface area contributed by atoms with Crippen molar-refractivity contribution in [3.63, 3.8) is 0 Å². The SMILES string of the molecule is O=c1c(-c2ccc(Cl)cc2Cl)c[nH]cc1[N+](=O)[O-]. The fourth-order valence-corrected chi connectivity index (χ4v) is 2.03. The van der Waals surface area contributed by atoms with Crippen LogP contribution < -0.4 is 5.43 Å². The first-order valence-electron chi connectivity index (χ1n) is 4.81. The summed E-state index contributed by atoms with van der Waals surface area (Å²) >= 11 is 11.7. The lowest BCUT2D eigenvalue weighted by atomic mass is 10.1. The molecule has 1 aromatic carbocycles. The summed E-state index contributed by atoms with van der Waals surface area (Å²) in [5.41, 5.74) is -0.696. The minimum atomic E-state index is -0.744. The summed E-state index contributed by atoms with van der Waals surface area (Å²) in [7, 11) is 0. The largest absolute Gasteiger partial charge is 0.361 e. The van der Waals surface area contributed by atoms with Crippen LogP contribution in [0.1, 0.15) is 0 Å². The van der Waals surface area contributed by atoms with Crippen LogP contribution in [-0.4, -0.2) is 9.91 Å². The molecule has 0 saturated carbocycles. The van der Waals surface area contributed by atoms with Gasteiger partial charge in [-0.15, -0.1) is 0 Å². The van der Waals surface area contributed by atoms with Crippen LogP contribution in [0.2, 0.25) is 10.0 Å². The number of hydrogen-bond donors (Lipinski definition) is 1. The zero-order valence-corrected chi connectivity index (χ0v) is 10.3. The van der Waals surface area contributed by atoms with E-state index in [1.165, 1.54) is 12.3 Å². The van der Waals surface area contributed by atoms with E-state index in [2.05, 4.69) is 4.98 Å². The molecular formula is C11H6Cl2N2O3. The molecule has 0 radical (unpaired) electrons. The summed E-state index contributed by atoms with van der Waals surface area (Å²) in [6.07, 6.45) is 2.40. The van der Waals surface area contributed by atoms with Crippen molar-refractivity contribution in [3.05, 3.63) is 61.0 Å². The van der Waals surface area contributed by atoms with Gasteiger partial charge in [0.05, 0.1) is 21.7 Å². The molecule has 0 aliphatic rings. The molecule has 0 unspecified atom stereocenters. The predicted octanol–water partition coefficient (Wildman–Crippen LogP) is 3.26. The van der Waals surface area contributed by atoms with Crippen molar-refractivity contribution in [2.75, 3.05) is 0 Å². The van der Waals surface area contributed by atoms with Crippen molar-refractivity contribution in [2.24, 2.45) is 0 Å². The molecule has 1 aromatic heterocycles. The number of pyridine rings is 1. The van der Waals surface area contributed by atoms with Gasteiger partial charge in [0, 0.05) is 16.8 Å². The smallest absolute Gasteiger partial charge is 0.332 e. The molecule has 2 rings (SSSR count). The number of aromatic nitrogens is 1. The molecule has 7 heteroatoms. The van der Waals surface area contributed by atoms with Gasteiger partial charge >= 0.3 is 5.69 Å². The second-order valence-electron chi connectivity index (χ2n) is 3.46. The quantitative estimate of drug-likeness (QED) is 0.679. The highest BCUT2D eigenvalue weighted by molar-refractivity contribution is 6.36. The Morgan fingerprint density at radius 2 is 1.89 bits per heavy atom. The average Bonchev–Trinajstić information content (AvgIpc) is 2.30. The average molecular weight is 285 g/mol. The van der Waals surface area contributed by atoms with Gasteiger partial charge in [-0.3, -0.25) is 14.9 Å². The van der Waals surface area contributed by atoms with Crippen molar-refractivity contribution < 1.29 is 4.92 Å². The van der Waals surface area contributed by atoms with Crippen LogP contribution in [-0.2, 0) is 0 Å². The maximum absolute atomic E-state index is 11.9. The van der Waals surface area contributed by atoms with Crippen molar-refractivity contribution in [2.45, 2.75) is 0 Å². The molecule has 1 heterocycles. The van der Waals surface area contributed by atoms with E-state index in [0.29, 0.717) is 10.6 Å². The van der Waals surface area contributed by atoms with Gasteiger partial charge in [0.25, 0.3) is 5.43 Å². The maximum atomic E-state index is 11.9. The number of halogens is 2. The summed E-state index contributed by atoms with van der Waals surface area (Å²) in [4.78, 5) is 24.4. The normalized spacial score (nSPS) is 10.3. The number of rotatable bonds is 2. The molecule has 0 saturated heterocycles. The number of nitrogens with one attached hydrogen (secondary N) is 1. The summed E-state index contributed by atoms with van der Waals surface area (Å²) in [6, 6.07) is 4.57. The fraction of sp³-hybridized carbons (Fsp3) is 0. The third-order valence-corrected chi connectivity index (χ3v) is 2.89. The van der Waals surface area contributed by atoms with E-state index >= 15 is 0 Å². The van der Waals surface area contributed by atoms with Crippen molar-refractivity contribution in [1.29, 1.82) is 0 Å². The first-order chi connectivity index (χ1) is 8.50. The molecule has 0 aliphatic carbocycles. The third-order valence-electron chi connectivity index (χ3n) is 2.34. The van der Waals surface area contributed by atoms with Crippen LogP contribution in [0.4, 0.5) is 5.69 Å². The molecular weight excluding hydrogens is 279 g/mol. The molecule has 0 bridgehead atoms. The first kappa shape index (κ1) is 12.6. The Kier molecular flexibility index (Phi) is 3.36. The van der Waals surface area contributed by atoms with Crippen LogP contribution >= 0.6 is 23.2 Å². The standard InChI is InChI=1S/C11H6Cl2N2O3/c12-6-1-2-7(9(13)3-6)8-4-14-5-10(11(8)16)15(17)18/h1-5H,(H,14,16). The Morgan fingerprint density at radius 3 is 2.50 bits per heavy atom. The van der Waals surface area contributed by atoms with Crippen LogP contribution in [0.25, 0.3) is 11.1 Å². The number of benzene rings is 1. The van der Waals surface area contributed by atoms with Crippen molar-refractivity contribution in [1.82, 2.24) is 4.98 Å². The lowest BCUT2D eigenvalue weighted by Crippen LogP contribution is -2.10. The van der Waals surface area contributed by atoms with Gasteiger partial charge < -0.3 is 4.98 Å². The number of aromatic amines is 1. The molecule has 18 heavy (non-hydrogen) atoms. The summed E-state index contributed by atoms with van der Waals surface area (Å²) in [6.45, 7) is 0. The van der Waals surface area contributed by atoms with E-state index in [4.69, 9.17) is 23.2 Å². The van der Waals surface area contributed by atoms with Crippen molar-refractivity contribution in [3.8, 4) is 11.1 Å². The van der Waals surface area contributed by atoms with E-state index in [0.717, 1.165) is 6.20 Å². The molecule has 2 aromatic rings. The Morgan fingerprint density at radius 1 is 1.17 bits per heavy atom. The Bertz CT molecular complexity index is 682. The Balaban J connectivity index is 2.69. The monoisotopic (exact) mass is 284 g/mol. The van der Waals surface area contributed by atoms with Crippen LogP contribution in [0.5, 0.6) is 0 Å². The summed E-state index contributed by atoms with van der Waals surface area (Å²) < 4.78 is 0. The Hall–Kier alpha value is -1.85. The van der Waals surface area contributed by atoms with Crippen LogP contribution in [0, 0.1) is 10.1 Å². The number of nitrogens with zero attached hydrogens (tertiary/aromatic N) is 1. The number of hydrogen-bond acceptors (Lipinski definition) is 3. The van der Waals surface area contributed by atoms with Gasteiger partial charge in [-0.25, -0.2) is 0 Å². The lowest BCUT2D eigenvalue weighted by molar-refractivity contribution is -0.386. The van der Waals surface area contributed by atoms with Crippen LogP contribution in [0.15, 0.2) is 35.4 Å². The Labute approximate surface area is 111 Å². The van der Waals surface area contributed by atoms with Gasteiger partial charge in [0.15, 0.2) is 0 Å². The first-order valence-corrected chi connectivity index (χ1v) is 5.57. The summed E-state index contributed by atoms with van der Waals surface area (Å²) in [5, 5.41) is 11.4. The molecule has 92 valence electrons. The minimum absolute atomic E-state index is 0.130. The fourth-order valence-electron chi connectivity index (χ4n) is 1.52. The topological polar surface area (TPSA) is 76.0 Å². The number of nitro groups is 1. The molecule has 0 atom stereocenters. The highest BCUT2D eigenvalue weighted by Crippen LogP contribution is 2.28. The highest BCUT2D eigenvalue weighted by atomic mass is 35.5. The predicted molar refractivity (Wildman–Crippen MR) is 69.2 cm³/mol. The van der Waals surface area contributed by atoms with Gasteiger partial charge in [0.1, 0.15) is 0 Å². The van der Waals surface area contributed by atoms with Gasteiger partial charge in [-0.2, -0.15) is 0 Å². The third kappa shape index (κ3) is 2.23. The molecule has 5 nitrogen and oxygen atoms in total. The molecule has 0 spiro atoms. The second-order valence-corrected chi connectivity index (χ2v) is 4.31. The molecule has 0 amide bonds. The molecule has 1 N–H and O–H groups in total. The zero-order chi connectivity index (χ0) is 13.3. The van der Waals surface area contributed by atoms with E-state index in [1.54, 1.807) is 12.1 Å². The van der Waals surface area contributed by atoms with E-state index in [-0.39, 0.29) is 10.6 Å². The van der Waals surface area contributed by atoms with Gasteiger partial charge in [-0.1, -0.05) is 29.3 Å². The van der Waals surface area contributed by atoms with E-state index in [1.807, 2.05) is 0 Å². The maximum Gasteiger partial charge on any atom is 0.332 e. The number of H-pyrrole nitrogens is 1. The highest BCUT2D eigenvalue weighted by Gasteiger charge is 2.17.